The van der Waals surface area contributed by atoms with Gasteiger partial charge in [0.1, 0.15) is 0 Å². The summed E-state index contributed by atoms with van der Waals surface area (Å²) in [5.41, 5.74) is 2.47. The Kier molecular flexibility index (Phi) is 4.87. The highest BCUT2D eigenvalue weighted by atomic mass is 32.2. The summed E-state index contributed by atoms with van der Waals surface area (Å²) < 4.78 is 0. The third-order valence-electron chi connectivity index (χ3n) is 2.20. The Labute approximate surface area is 101 Å². The van der Waals surface area contributed by atoms with Crippen molar-refractivity contribution in [2.75, 3.05) is 13.3 Å². The Balaban J connectivity index is 2.71. The zero-order valence-electron chi connectivity index (χ0n) is 9.77. The van der Waals surface area contributed by atoms with Gasteiger partial charge in [-0.2, -0.15) is 5.26 Å². The molecule has 0 fully saturated rings. The number of benzene rings is 1. The van der Waals surface area contributed by atoms with E-state index in [1.807, 2.05) is 24.4 Å². The average molecular weight is 233 g/mol. The predicted octanol–water partition coefficient (Wildman–Crippen LogP) is 2.63. The SMILES string of the molecule is CSC(=NC#N)N(C)Cc1ccc(C)cc1. The third-order valence-corrected chi connectivity index (χ3v) is 2.96. The predicted molar refractivity (Wildman–Crippen MR) is 69.2 cm³/mol. The highest BCUT2D eigenvalue weighted by Crippen LogP contribution is 2.10. The lowest BCUT2D eigenvalue weighted by Crippen LogP contribution is -2.23. The van der Waals surface area contributed by atoms with E-state index >= 15 is 0 Å². The minimum absolute atomic E-state index is 0.739. The van der Waals surface area contributed by atoms with Crippen LogP contribution >= 0.6 is 11.8 Å². The van der Waals surface area contributed by atoms with Crippen LogP contribution in [0, 0.1) is 18.4 Å². The molecule has 0 N–H and O–H groups in total. The van der Waals surface area contributed by atoms with Crippen molar-refractivity contribution in [2.24, 2.45) is 4.99 Å². The molecule has 0 atom stereocenters. The molecule has 0 unspecified atom stereocenters. The smallest absolute Gasteiger partial charge is 0.208 e. The number of hydrogen-bond acceptors (Lipinski definition) is 3. The third kappa shape index (κ3) is 3.59. The van der Waals surface area contributed by atoms with Gasteiger partial charge in [0, 0.05) is 13.6 Å². The molecule has 0 bridgehead atoms. The maximum absolute atomic E-state index is 8.54. The fourth-order valence-corrected chi connectivity index (χ4v) is 1.87. The summed E-state index contributed by atoms with van der Waals surface area (Å²) in [5.74, 6) is 0. The van der Waals surface area contributed by atoms with Crippen molar-refractivity contribution in [2.45, 2.75) is 13.5 Å². The Morgan fingerprint density at radius 3 is 2.56 bits per heavy atom. The molecule has 1 aromatic rings. The molecule has 0 heterocycles. The number of aryl methyl sites for hydroxylation is 1. The molecule has 0 radical (unpaired) electrons. The fourth-order valence-electron chi connectivity index (χ4n) is 1.36. The second kappa shape index (κ2) is 6.19. The van der Waals surface area contributed by atoms with Crippen molar-refractivity contribution < 1.29 is 0 Å². The van der Waals surface area contributed by atoms with Gasteiger partial charge in [-0.3, -0.25) is 0 Å². The van der Waals surface area contributed by atoms with Crippen LogP contribution in [0.15, 0.2) is 29.3 Å². The fraction of sp³-hybridized carbons (Fsp3) is 0.333. The van der Waals surface area contributed by atoms with E-state index in [2.05, 4.69) is 36.2 Å². The standard InChI is InChI=1S/C12H15N3S/c1-10-4-6-11(7-5-10)8-15(2)12(16-3)14-9-13/h4-7H,8H2,1-3H3. The summed E-state index contributed by atoms with van der Waals surface area (Å²) in [5, 5.41) is 9.28. The molecule has 0 aliphatic heterocycles. The highest BCUT2D eigenvalue weighted by molar-refractivity contribution is 8.13. The first-order chi connectivity index (χ1) is 7.67. The largest absolute Gasteiger partial charge is 0.349 e. The molecular weight excluding hydrogens is 218 g/mol. The van der Waals surface area contributed by atoms with Crippen molar-refractivity contribution in [1.29, 1.82) is 5.26 Å². The van der Waals surface area contributed by atoms with Crippen LogP contribution in [0.5, 0.6) is 0 Å². The number of aliphatic imine (C=N–C) groups is 1. The van der Waals surface area contributed by atoms with Gasteiger partial charge in [0.2, 0.25) is 6.19 Å². The molecule has 1 aromatic carbocycles. The maximum atomic E-state index is 8.54. The second-order valence-electron chi connectivity index (χ2n) is 3.54. The quantitative estimate of drug-likeness (QED) is 0.448. The summed E-state index contributed by atoms with van der Waals surface area (Å²) in [7, 11) is 1.94. The molecule has 0 saturated heterocycles. The summed E-state index contributed by atoms with van der Waals surface area (Å²) in [4.78, 5) is 5.74. The molecule has 0 aliphatic carbocycles. The van der Waals surface area contributed by atoms with E-state index in [0.29, 0.717) is 0 Å². The van der Waals surface area contributed by atoms with Gasteiger partial charge in [-0.25, -0.2) is 0 Å². The van der Waals surface area contributed by atoms with E-state index in [-0.39, 0.29) is 0 Å². The number of hydrogen-bond donors (Lipinski definition) is 0. The minimum Gasteiger partial charge on any atom is -0.349 e. The first-order valence-corrected chi connectivity index (χ1v) is 6.17. The van der Waals surface area contributed by atoms with Gasteiger partial charge < -0.3 is 4.90 Å². The van der Waals surface area contributed by atoms with Crippen LogP contribution in [0.3, 0.4) is 0 Å². The zero-order chi connectivity index (χ0) is 12.0. The Hall–Kier alpha value is -1.47. The monoisotopic (exact) mass is 233 g/mol. The summed E-state index contributed by atoms with van der Waals surface area (Å²) in [6.07, 6.45) is 3.74. The lowest BCUT2D eigenvalue weighted by molar-refractivity contribution is 0.511. The molecule has 0 amide bonds. The van der Waals surface area contributed by atoms with E-state index in [4.69, 9.17) is 5.26 Å². The van der Waals surface area contributed by atoms with E-state index in [0.717, 1.165) is 11.7 Å². The molecule has 84 valence electrons. The number of nitriles is 1. The molecule has 3 nitrogen and oxygen atoms in total. The Morgan fingerprint density at radius 2 is 2.06 bits per heavy atom. The lowest BCUT2D eigenvalue weighted by Gasteiger charge is -2.18. The van der Waals surface area contributed by atoms with Crippen LogP contribution in [0.1, 0.15) is 11.1 Å². The normalized spacial score (nSPS) is 11.0. The molecule has 0 saturated carbocycles. The summed E-state index contributed by atoms with van der Waals surface area (Å²) in [6.45, 7) is 2.83. The van der Waals surface area contributed by atoms with Gasteiger partial charge in [-0.05, 0) is 18.7 Å². The van der Waals surface area contributed by atoms with Crippen LogP contribution in [0.4, 0.5) is 0 Å². The minimum atomic E-state index is 0.739. The van der Waals surface area contributed by atoms with Crippen molar-refractivity contribution >= 4 is 16.9 Å². The summed E-state index contributed by atoms with van der Waals surface area (Å²) >= 11 is 1.48. The van der Waals surface area contributed by atoms with E-state index in [9.17, 15) is 0 Å². The van der Waals surface area contributed by atoms with E-state index in [1.54, 1.807) is 0 Å². The number of rotatable bonds is 2. The average Bonchev–Trinajstić information content (AvgIpc) is 2.29. The highest BCUT2D eigenvalue weighted by Gasteiger charge is 2.05. The van der Waals surface area contributed by atoms with Crippen LogP contribution in [0.2, 0.25) is 0 Å². The van der Waals surface area contributed by atoms with Gasteiger partial charge in [0.05, 0.1) is 0 Å². The van der Waals surface area contributed by atoms with Gasteiger partial charge in [-0.1, -0.05) is 41.6 Å². The van der Waals surface area contributed by atoms with Crippen molar-refractivity contribution in [1.82, 2.24) is 4.90 Å². The van der Waals surface area contributed by atoms with Crippen molar-refractivity contribution in [3.05, 3.63) is 35.4 Å². The van der Waals surface area contributed by atoms with Gasteiger partial charge in [-0.15, -0.1) is 4.99 Å². The van der Waals surface area contributed by atoms with Gasteiger partial charge in [0.25, 0.3) is 0 Å². The molecular formula is C12H15N3S. The van der Waals surface area contributed by atoms with E-state index in [1.165, 1.54) is 22.9 Å². The lowest BCUT2D eigenvalue weighted by atomic mass is 10.1. The maximum Gasteiger partial charge on any atom is 0.208 e. The van der Waals surface area contributed by atoms with Crippen LogP contribution in [0.25, 0.3) is 0 Å². The molecule has 4 heteroatoms. The number of nitrogens with zero attached hydrogens (tertiary/aromatic N) is 3. The number of thioether (sulfide) groups is 1. The van der Waals surface area contributed by atoms with Crippen LogP contribution in [-0.2, 0) is 6.54 Å². The van der Waals surface area contributed by atoms with E-state index < -0.39 is 0 Å². The first kappa shape index (κ1) is 12.6. The molecule has 1 rings (SSSR count). The molecule has 0 aliphatic rings. The second-order valence-corrected chi connectivity index (χ2v) is 4.31. The summed E-state index contributed by atoms with van der Waals surface area (Å²) in [6, 6.07) is 8.36. The molecule has 16 heavy (non-hydrogen) atoms. The number of amidine groups is 1. The van der Waals surface area contributed by atoms with Crippen LogP contribution in [-0.4, -0.2) is 23.4 Å². The zero-order valence-corrected chi connectivity index (χ0v) is 10.6. The van der Waals surface area contributed by atoms with Gasteiger partial charge in [0.15, 0.2) is 5.17 Å². The Morgan fingerprint density at radius 1 is 1.44 bits per heavy atom. The Bertz CT molecular complexity index is 403. The molecule has 0 spiro atoms. The van der Waals surface area contributed by atoms with Crippen molar-refractivity contribution in [3.63, 3.8) is 0 Å². The van der Waals surface area contributed by atoms with Crippen LogP contribution < -0.4 is 0 Å². The first-order valence-electron chi connectivity index (χ1n) is 4.95. The van der Waals surface area contributed by atoms with Crippen molar-refractivity contribution in [3.8, 4) is 6.19 Å². The molecule has 0 aromatic heterocycles. The topological polar surface area (TPSA) is 39.4 Å². The van der Waals surface area contributed by atoms with Gasteiger partial charge >= 0.3 is 0 Å².